The van der Waals surface area contributed by atoms with Gasteiger partial charge in [0.25, 0.3) is 5.91 Å². The van der Waals surface area contributed by atoms with Gasteiger partial charge in [0.1, 0.15) is 10.9 Å². The van der Waals surface area contributed by atoms with Crippen molar-refractivity contribution < 1.29 is 23.9 Å². The van der Waals surface area contributed by atoms with E-state index in [0.717, 1.165) is 11.3 Å². The van der Waals surface area contributed by atoms with Crippen LogP contribution in [0.25, 0.3) is 10.8 Å². The quantitative estimate of drug-likeness (QED) is 0.781. The van der Waals surface area contributed by atoms with Crippen LogP contribution < -0.4 is 5.32 Å². The Morgan fingerprint density at radius 1 is 1.46 bits per heavy atom. The molecule has 0 aliphatic rings. The predicted octanol–water partition coefficient (Wildman–Crippen LogP) is 1.45. The van der Waals surface area contributed by atoms with E-state index in [4.69, 9.17) is 4.42 Å². The van der Waals surface area contributed by atoms with Crippen molar-refractivity contribution in [3.8, 4) is 10.8 Å². The Morgan fingerprint density at radius 3 is 2.79 bits per heavy atom. The van der Waals surface area contributed by atoms with Crippen molar-refractivity contribution in [1.82, 2.24) is 15.2 Å². The van der Waals surface area contributed by atoms with Crippen molar-refractivity contribution in [3.63, 3.8) is 0 Å². The number of nitrogens with zero attached hydrogens (tertiary/aromatic N) is 2. The smallest absolute Gasteiger partial charge is 0.326 e. The summed E-state index contributed by atoms with van der Waals surface area (Å²) < 4.78 is 5.23. The zero-order chi connectivity index (χ0) is 17.7. The number of hydrogen-bond donors (Lipinski definition) is 2. The summed E-state index contributed by atoms with van der Waals surface area (Å²) in [5, 5.41) is 12.3. The number of nitrogens with one attached hydrogen (secondary N) is 1. The van der Waals surface area contributed by atoms with Crippen LogP contribution in [0.4, 0.5) is 0 Å². The van der Waals surface area contributed by atoms with E-state index < -0.39 is 17.9 Å². The molecule has 0 radical (unpaired) electrons. The third-order valence-corrected chi connectivity index (χ3v) is 4.26. The van der Waals surface area contributed by atoms with Gasteiger partial charge in [0.15, 0.2) is 10.8 Å². The molecule has 0 spiro atoms. The molecule has 0 aromatic carbocycles. The van der Waals surface area contributed by atoms with Gasteiger partial charge >= 0.3 is 5.97 Å². The monoisotopic (exact) mass is 351 g/mol. The predicted molar refractivity (Wildman–Crippen MR) is 86.6 cm³/mol. The molecule has 9 heteroatoms. The summed E-state index contributed by atoms with van der Waals surface area (Å²) in [5.41, 5.74) is 0. The number of carboxylic acids is 1. The van der Waals surface area contributed by atoms with Gasteiger partial charge in [-0.05, 0) is 19.1 Å². The van der Waals surface area contributed by atoms with Crippen molar-refractivity contribution in [1.29, 1.82) is 0 Å². The first kappa shape index (κ1) is 17.7. The largest absolute Gasteiger partial charge is 0.480 e. The lowest BCUT2D eigenvalue weighted by atomic mass is 10.2. The lowest BCUT2D eigenvalue weighted by Gasteiger charge is -2.25. The molecule has 2 amide bonds. The lowest BCUT2D eigenvalue weighted by Crippen LogP contribution is -2.46. The molecule has 24 heavy (non-hydrogen) atoms. The highest BCUT2D eigenvalue weighted by Crippen LogP contribution is 2.26. The van der Waals surface area contributed by atoms with Crippen molar-refractivity contribution in [2.45, 2.75) is 19.9 Å². The molecule has 0 saturated heterocycles. The molecular formula is C15H17N3O5S. The van der Waals surface area contributed by atoms with Gasteiger partial charge < -0.3 is 19.7 Å². The van der Waals surface area contributed by atoms with Gasteiger partial charge in [-0.15, -0.1) is 11.3 Å². The highest BCUT2D eigenvalue weighted by atomic mass is 32.1. The average molecular weight is 351 g/mol. The van der Waals surface area contributed by atoms with Crippen LogP contribution in [0.5, 0.6) is 0 Å². The van der Waals surface area contributed by atoms with E-state index in [0.29, 0.717) is 15.6 Å². The van der Waals surface area contributed by atoms with E-state index in [1.165, 1.54) is 31.2 Å². The SMILES string of the molecule is CC(=O)NCCN(C(=O)c1cnc(-c2ccco2)s1)C(C)C(=O)O. The van der Waals surface area contributed by atoms with E-state index in [1.54, 1.807) is 12.1 Å². The molecule has 0 aliphatic carbocycles. The maximum Gasteiger partial charge on any atom is 0.326 e. The van der Waals surface area contributed by atoms with E-state index in [-0.39, 0.29) is 19.0 Å². The number of hydrogen-bond acceptors (Lipinski definition) is 6. The molecule has 0 bridgehead atoms. The number of carboxylic acid groups (broad SMARTS) is 1. The summed E-state index contributed by atoms with van der Waals surface area (Å²) >= 11 is 1.12. The number of furan rings is 1. The Bertz CT molecular complexity index is 725. The fraction of sp³-hybridized carbons (Fsp3) is 0.333. The minimum absolute atomic E-state index is 0.0832. The minimum atomic E-state index is -1.12. The second kappa shape index (κ2) is 7.73. The average Bonchev–Trinajstić information content (AvgIpc) is 3.20. The second-order valence-electron chi connectivity index (χ2n) is 5.00. The van der Waals surface area contributed by atoms with Crippen LogP contribution in [-0.4, -0.2) is 51.9 Å². The standard InChI is InChI=1S/C15H17N3O5S/c1-9(15(21)22)18(6-5-16-10(2)19)14(20)12-8-17-13(24-12)11-4-3-7-23-11/h3-4,7-9H,5-6H2,1-2H3,(H,16,19)(H,21,22). The first-order chi connectivity index (χ1) is 11.4. The van der Waals surface area contributed by atoms with Crippen molar-refractivity contribution in [2.24, 2.45) is 0 Å². The number of rotatable bonds is 7. The normalized spacial score (nSPS) is 11.8. The van der Waals surface area contributed by atoms with Gasteiger partial charge in [0.05, 0.1) is 12.5 Å². The molecule has 0 aliphatic heterocycles. The van der Waals surface area contributed by atoms with Crippen LogP contribution in [0.2, 0.25) is 0 Å². The number of aromatic nitrogens is 1. The Kier molecular flexibility index (Phi) is 5.69. The van der Waals surface area contributed by atoms with Crippen LogP contribution >= 0.6 is 11.3 Å². The number of amides is 2. The highest BCUT2D eigenvalue weighted by Gasteiger charge is 2.27. The third kappa shape index (κ3) is 4.19. The number of thiazole rings is 1. The minimum Gasteiger partial charge on any atom is -0.480 e. The number of carbonyl (C=O) groups is 3. The van der Waals surface area contributed by atoms with E-state index in [9.17, 15) is 19.5 Å². The first-order valence-corrected chi connectivity index (χ1v) is 7.99. The van der Waals surface area contributed by atoms with Gasteiger partial charge in [0, 0.05) is 20.0 Å². The zero-order valence-corrected chi connectivity index (χ0v) is 14.0. The van der Waals surface area contributed by atoms with Crippen molar-refractivity contribution >= 4 is 29.1 Å². The maximum absolute atomic E-state index is 12.6. The number of aliphatic carboxylic acids is 1. The first-order valence-electron chi connectivity index (χ1n) is 7.18. The molecule has 2 rings (SSSR count). The summed E-state index contributed by atoms with van der Waals surface area (Å²) in [6.07, 6.45) is 2.90. The summed E-state index contributed by atoms with van der Waals surface area (Å²) in [4.78, 5) is 40.5. The third-order valence-electron chi connectivity index (χ3n) is 3.26. The Morgan fingerprint density at radius 2 is 2.21 bits per heavy atom. The van der Waals surface area contributed by atoms with Crippen molar-refractivity contribution in [3.05, 3.63) is 29.5 Å². The Balaban J connectivity index is 2.17. The molecule has 128 valence electrons. The molecule has 0 fully saturated rings. The van der Waals surface area contributed by atoms with Crippen LogP contribution in [0, 0.1) is 0 Å². The molecule has 2 aromatic rings. The second-order valence-corrected chi connectivity index (χ2v) is 6.03. The lowest BCUT2D eigenvalue weighted by molar-refractivity contribution is -0.141. The summed E-state index contributed by atoms with van der Waals surface area (Å²) in [7, 11) is 0. The fourth-order valence-corrected chi connectivity index (χ4v) is 2.83. The summed E-state index contributed by atoms with van der Waals surface area (Å²) in [6.45, 7) is 3.02. The Hall–Kier alpha value is -2.68. The highest BCUT2D eigenvalue weighted by molar-refractivity contribution is 7.16. The van der Waals surface area contributed by atoms with Crippen LogP contribution in [0.3, 0.4) is 0 Å². The van der Waals surface area contributed by atoms with E-state index in [2.05, 4.69) is 10.3 Å². The zero-order valence-electron chi connectivity index (χ0n) is 13.2. The van der Waals surface area contributed by atoms with Gasteiger partial charge in [0.2, 0.25) is 5.91 Å². The van der Waals surface area contributed by atoms with Gasteiger partial charge in [-0.1, -0.05) is 0 Å². The fourth-order valence-electron chi connectivity index (χ4n) is 1.99. The summed E-state index contributed by atoms with van der Waals surface area (Å²) in [5.74, 6) is -1.29. The van der Waals surface area contributed by atoms with Crippen LogP contribution in [0.15, 0.2) is 29.0 Å². The molecule has 1 unspecified atom stereocenters. The molecule has 2 N–H and O–H groups in total. The van der Waals surface area contributed by atoms with Crippen molar-refractivity contribution in [2.75, 3.05) is 13.1 Å². The van der Waals surface area contributed by atoms with Gasteiger partial charge in [-0.3, -0.25) is 9.59 Å². The van der Waals surface area contributed by atoms with Gasteiger partial charge in [-0.25, -0.2) is 9.78 Å². The maximum atomic E-state index is 12.6. The number of carbonyl (C=O) groups excluding carboxylic acids is 2. The van der Waals surface area contributed by atoms with Crippen LogP contribution in [0.1, 0.15) is 23.5 Å². The molecule has 2 aromatic heterocycles. The molecule has 2 heterocycles. The Labute approximate surface area is 142 Å². The van der Waals surface area contributed by atoms with E-state index >= 15 is 0 Å². The van der Waals surface area contributed by atoms with E-state index in [1.807, 2.05) is 0 Å². The van der Waals surface area contributed by atoms with Crippen LogP contribution in [-0.2, 0) is 9.59 Å². The molecule has 0 saturated carbocycles. The molecular weight excluding hydrogens is 334 g/mol. The van der Waals surface area contributed by atoms with Gasteiger partial charge in [-0.2, -0.15) is 0 Å². The molecule has 1 atom stereocenters. The molecule has 8 nitrogen and oxygen atoms in total. The topological polar surface area (TPSA) is 113 Å². The summed E-state index contributed by atoms with van der Waals surface area (Å²) in [6, 6.07) is 2.41.